The molecule has 0 radical (unpaired) electrons. The van der Waals surface area contributed by atoms with Crippen molar-refractivity contribution in [3.63, 3.8) is 0 Å². The summed E-state index contributed by atoms with van der Waals surface area (Å²) in [6.07, 6.45) is 0. The van der Waals surface area contributed by atoms with E-state index in [9.17, 15) is 0 Å². The van der Waals surface area contributed by atoms with Gasteiger partial charge in [-0.15, -0.1) is 11.3 Å². The van der Waals surface area contributed by atoms with E-state index in [2.05, 4.69) is 126 Å². The molecule has 0 saturated heterocycles. The van der Waals surface area contributed by atoms with Gasteiger partial charge in [-0.3, -0.25) is 0 Å². The predicted octanol–water partition coefficient (Wildman–Crippen LogP) is 13.9. The van der Waals surface area contributed by atoms with E-state index in [0.29, 0.717) is 17.5 Å². The number of thiophene rings is 1. The van der Waals surface area contributed by atoms with Gasteiger partial charge in [0.15, 0.2) is 23.1 Å². The van der Waals surface area contributed by atoms with Gasteiger partial charge < -0.3 is 8.98 Å². The summed E-state index contributed by atoms with van der Waals surface area (Å²) < 4.78 is 11.5. The van der Waals surface area contributed by atoms with Crippen molar-refractivity contribution in [3.05, 3.63) is 182 Å². The van der Waals surface area contributed by atoms with Crippen molar-refractivity contribution in [2.45, 2.75) is 0 Å². The lowest BCUT2D eigenvalue weighted by atomic mass is 9.97. The summed E-state index contributed by atoms with van der Waals surface area (Å²) >= 11 is 1.80. The average Bonchev–Trinajstić information content (AvgIpc) is 3.96. The molecule has 57 heavy (non-hydrogen) atoms. The van der Waals surface area contributed by atoms with Crippen LogP contribution in [0, 0.1) is 0 Å². The highest BCUT2D eigenvalue weighted by atomic mass is 32.1. The monoisotopic (exact) mass is 746 g/mol. The Balaban J connectivity index is 1.03. The average molecular weight is 747 g/mol. The molecule has 8 aromatic carbocycles. The van der Waals surface area contributed by atoms with Crippen LogP contribution in [-0.2, 0) is 0 Å². The fourth-order valence-corrected chi connectivity index (χ4v) is 9.71. The Bertz CT molecular complexity index is 3420. The number of aromatic nitrogens is 4. The summed E-state index contributed by atoms with van der Waals surface area (Å²) in [6.45, 7) is 0. The maximum Gasteiger partial charge on any atom is 0.164 e. The predicted molar refractivity (Wildman–Crippen MR) is 236 cm³/mol. The molecule has 12 aromatic rings. The summed E-state index contributed by atoms with van der Waals surface area (Å²) in [4.78, 5) is 15.1. The fourth-order valence-electron chi connectivity index (χ4n) is 8.54. The first-order chi connectivity index (χ1) is 28.3. The summed E-state index contributed by atoms with van der Waals surface area (Å²) in [6, 6.07) is 63.7. The number of fused-ring (bicyclic) bond motifs is 9. The van der Waals surface area contributed by atoms with Crippen molar-refractivity contribution in [3.8, 4) is 51.0 Å². The number of benzene rings is 8. The summed E-state index contributed by atoms with van der Waals surface area (Å²) in [5.41, 5.74) is 10.3. The molecule has 0 fully saturated rings. The van der Waals surface area contributed by atoms with E-state index < -0.39 is 0 Å². The van der Waals surface area contributed by atoms with E-state index in [1.165, 1.54) is 25.6 Å². The van der Waals surface area contributed by atoms with Crippen LogP contribution in [0.3, 0.4) is 0 Å². The summed E-state index contributed by atoms with van der Waals surface area (Å²) in [7, 11) is 0. The van der Waals surface area contributed by atoms with E-state index >= 15 is 0 Å². The van der Waals surface area contributed by atoms with Gasteiger partial charge in [-0.1, -0.05) is 146 Å². The standard InChI is InChI=1S/C51H30N4OS/c1-3-14-31(15-4-1)49-52-50(32-16-5-2-6-17-32)54-51(53-49)39-22-13-27-44-47(39)37-29-28-33(30-45(37)57-44)34-20-12-26-43-46(34)38-21-11-25-42(48(38)56-43)55-40-23-9-7-18-35(40)36-19-8-10-24-41(36)55/h1-30H. The van der Waals surface area contributed by atoms with Crippen LogP contribution in [0.2, 0.25) is 0 Å². The highest BCUT2D eigenvalue weighted by molar-refractivity contribution is 7.26. The normalized spacial score (nSPS) is 11.9. The number of rotatable bonds is 5. The Kier molecular flexibility index (Phi) is 7.03. The van der Waals surface area contributed by atoms with E-state index in [4.69, 9.17) is 19.4 Å². The van der Waals surface area contributed by atoms with Gasteiger partial charge in [0.1, 0.15) is 5.58 Å². The highest BCUT2D eigenvalue weighted by Crippen LogP contribution is 2.44. The first-order valence-corrected chi connectivity index (χ1v) is 19.8. The Labute approximate surface area is 330 Å². The topological polar surface area (TPSA) is 56.7 Å². The Morgan fingerprint density at radius 2 is 1.00 bits per heavy atom. The SMILES string of the molecule is c1ccc(-c2nc(-c3ccccc3)nc(-c3cccc4sc5cc(-c6cccc7oc8c(-n9c%10ccccc%10c%10ccccc%109)cccc8c67)ccc5c34)n2)cc1. The molecule has 6 heteroatoms. The van der Waals surface area contributed by atoms with Gasteiger partial charge in [-0.2, -0.15) is 0 Å². The van der Waals surface area contributed by atoms with Crippen molar-refractivity contribution in [2.75, 3.05) is 0 Å². The molecule has 4 heterocycles. The summed E-state index contributed by atoms with van der Waals surface area (Å²) in [5, 5.41) is 6.99. The van der Waals surface area contributed by atoms with Crippen molar-refractivity contribution in [1.82, 2.24) is 19.5 Å². The molecule has 12 rings (SSSR count). The maximum atomic E-state index is 6.81. The lowest BCUT2D eigenvalue weighted by Crippen LogP contribution is -2.00. The van der Waals surface area contributed by atoms with E-state index in [1.54, 1.807) is 11.3 Å². The quantitative estimate of drug-likeness (QED) is 0.176. The Hall–Kier alpha value is -7.41. The molecule has 5 nitrogen and oxygen atoms in total. The van der Waals surface area contributed by atoms with Gasteiger partial charge in [0, 0.05) is 58.4 Å². The zero-order valence-corrected chi connectivity index (χ0v) is 31.2. The van der Waals surface area contributed by atoms with Gasteiger partial charge in [0.05, 0.1) is 16.7 Å². The van der Waals surface area contributed by atoms with Crippen LogP contribution in [-0.4, -0.2) is 19.5 Å². The third-order valence-electron chi connectivity index (χ3n) is 11.1. The van der Waals surface area contributed by atoms with Gasteiger partial charge in [-0.05, 0) is 47.5 Å². The van der Waals surface area contributed by atoms with Crippen LogP contribution in [0.4, 0.5) is 0 Å². The molecule has 0 bridgehead atoms. The van der Waals surface area contributed by atoms with Crippen LogP contribution in [0.5, 0.6) is 0 Å². The van der Waals surface area contributed by atoms with Crippen molar-refractivity contribution in [2.24, 2.45) is 0 Å². The number of furan rings is 1. The molecule has 0 aliphatic carbocycles. The second-order valence-electron chi connectivity index (χ2n) is 14.3. The second-order valence-corrected chi connectivity index (χ2v) is 15.4. The lowest BCUT2D eigenvalue weighted by Gasteiger charge is -2.09. The molecule has 266 valence electrons. The first kappa shape index (κ1) is 31.9. The van der Waals surface area contributed by atoms with E-state index in [-0.39, 0.29) is 0 Å². The van der Waals surface area contributed by atoms with Gasteiger partial charge >= 0.3 is 0 Å². The van der Waals surface area contributed by atoms with Crippen LogP contribution in [0.25, 0.3) is 115 Å². The van der Waals surface area contributed by atoms with Crippen LogP contribution in [0.1, 0.15) is 0 Å². The molecule has 0 saturated carbocycles. The van der Waals surface area contributed by atoms with Crippen LogP contribution < -0.4 is 0 Å². The molecular weight excluding hydrogens is 717 g/mol. The van der Waals surface area contributed by atoms with Crippen LogP contribution in [0.15, 0.2) is 186 Å². The van der Waals surface area contributed by atoms with Crippen molar-refractivity contribution in [1.29, 1.82) is 0 Å². The summed E-state index contributed by atoms with van der Waals surface area (Å²) in [5.74, 6) is 1.96. The molecule has 4 aromatic heterocycles. The number of nitrogens with zero attached hydrogens (tertiary/aromatic N) is 4. The van der Waals surface area contributed by atoms with Crippen LogP contribution >= 0.6 is 11.3 Å². The number of para-hydroxylation sites is 3. The molecule has 0 aliphatic rings. The molecule has 0 N–H and O–H groups in total. The number of hydrogen-bond acceptors (Lipinski definition) is 5. The van der Waals surface area contributed by atoms with E-state index in [0.717, 1.165) is 71.9 Å². The second kappa shape index (κ2) is 12.6. The molecule has 0 unspecified atom stereocenters. The molecule has 0 spiro atoms. The minimum Gasteiger partial charge on any atom is -0.454 e. The van der Waals surface area contributed by atoms with E-state index in [1.807, 2.05) is 60.7 Å². The molecule has 0 aliphatic heterocycles. The minimum absolute atomic E-state index is 0.653. The zero-order chi connectivity index (χ0) is 37.5. The zero-order valence-electron chi connectivity index (χ0n) is 30.4. The molecule has 0 atom stereocenters. The van der Waals surface area contributed by atoms with Gasteiger partial charge in [-0.25, -0.2) is 15.0 Å². The fraction of sp³-hybridized carbons (Fsp3) is 0. The smallest absolute Gasteiger partial charge is 0.164 e. The largest absolute Gasteiger partial charge is 0.454 e. The lowest BCUT2D eigenvalue weighted by molar-refractivity contribution is 0.666. The first-order valence-electron chi connectivity index (χ1n) is 19.0. The van der Waals surface area contributed by atoms with Gasteiger partial charge in [0.2, 0.25) is 0 Å². The van der Waals surface area contributed by atoms with Crippen molar-refractivity contribution >= 4 is 75.3 Å². The number of hydrogen-bond donors (Lipinski definition) is 0. The Morgan fingerprint density at radius 3 is 1.72 bits per heavy atom. The highest BCUT2D eigenvalue weighted by Gasteiger charge is 2.21. The molecular formula is C51H30N4OS. The Morgan fingerprint density at radius 1 is 0.404 bits per heavy atom. The van der Waals surface area contributed by atoms with Crippen molar-refractivity contribution < 1.29 is 4.42 Å². The van der Waals surface area contributed by atoms with Gasteiger partial charge in [0.25, 0.3) is 0 Å². The third-order valence-corrected chi connectivity index (χ3v) is 12.2. The minimum atomic E-state index is 0.653. The molecule has 0 amide bonds. The third kappa shape index (κ3) is 4.98. The maximum absolute atomic E-state index is 6.81.